The zero-order valence-corrected chi connectivity index (χ0v) is 22.4. The van der Waals surface area contributed by atoms with E-state index >= 15 is 0 Å². The largest absolute Gasteiger partial charge is 0.493 e. The molecule has 0 amide bonds. The highest BCUT2D eigenvalue weighted by Gasteiger charge is 2.10. The standard InChI is InChI=1S/C31H35N3O2S/c1-34(2)20-19-27(23-26-9-5-3-6-10-26)14-13-25-15-17-28(18-16-25)31-33-32-30(36-31)24-37-22-21-35-29-11-7-4-8-12-29/h3-18,27H,19-24H2,1-2H3/b14-13+. The normalized spacial score (nSPS) is 12.3. The minimum absolute atomic E-state index is 0.485. The number of aromatic nitrogens is 2. The molecule has 0 aliphatic carbocycles. The van der Waals surface area contributed by atoms with Gasteiger partial charge in [-0.05, 0) is 74.8 Å². The van der Waals surface area contributed by atoms with Gasteiger partial charge in [-0.25, -0.2) is 0 Å². The Kier molecular flexibility index (Phi) is 10.4. The Balaban J connectivity index is 1.27. The SMILES string of the molecule is CN(C)CCC(/C=C/c1ccc(-c2nnc(CSCCOc3ccccc3)o2)cc1)Cc1ccccc1. The minimum Gasteiger partial charge on any atom is -0.493 e. The molecule has 0 saturated heterocycles. The van der Waals surface area contributed by atoms with Crippen molar-refractivity contribution in [1.82, 2.24) is 15.1 Å². The summed E-state index contributed by atoms with van der Waals surface area (Å²) in [4.78, 5) is 2.25. The van der Waals surface area contributed by atoms with Crippen LogP contribution < -0.4 is 4.74 Å². The van der Waals surface area contributed by atoms with Crippen LogP contribution in [0.1, 0.15) is 23.4 Å². The van der Waals surface area contributed by atoms with Crippen LogP contribution in [0.25, 0.3) is 17.5 Å². The Morgan fingerprint density at radius 2 is 1.65 bits per heavy atom. The summed E-state index contributed by atoms with van der Waals surface area (Å²) in [5.41, 5.74) is 3.47. The van der Waals surface area contributed by atoms with E-state index in [4.69, 9.17) is 9.15 Å². The predicted molar refractivity (Wildman–Crippen MR) is 154 cm³/mol. The van der Waals surface area contributed by atoms with Gasteiger partial charge in [0.1, 0.15) is 5.75 Å². The number of ether oxygens (including phenoxy) is 1. The third-order valence-electron chi connectivity index (χ3n) is 5.94. The Morgan fingerprint density at radius 3 is 2.38 bits per heavy atom. The van der Waals surface area contributed by atoms with Crippen molar-refractivity contribution in [2.24, 2.45) is 5.92 Å². The van der Waals surface area contributed by atoms with E-state index in [9.17, 15) is 0 Å². The van der Waals surface area contributed by atoms with E-state index in [-0.39, 0.29) is 0 Å². The van der Waals surface area contributed by atoms with Crippen molar-refractivity contribution in [2.75, 3.05) is 33.0 Å². The zero-order valence-electron chi connectivity index (χ0n) is 21.6. The lowest BCUT2D eigenvalue weighted by Crippen LogP contribution is -2.17. The molecule has 1 aromatic heterocycles. The topological polar surface area (TPSA) is 51.4 Å². The molecule has 4 rings (SSSR count). The summed E-state index contributed by atoms with van der Waals surface area (Å²) in [6.45, 7) is 1.71. The zero-order chi connectivity index (χ0) is 25.7. The summed E-state index contributed by atoms with van der Waals surface area (Å²) in [6.07, 6.45) is 6.73. The summed E-state index contributed by atoms with van der Waals surface area (Å²) < 4.78 is 11.6. The van der Waals surface area contributed by atoms with Crippen molar-refractivity contribution in [3.63, 3.8) is 0 Å². The molecule has 4 aromatic rings. The van der Waals surface area contributed by atoms with Gasteiger partial charge < -0.3 is 14.1 Å². The first-order valence-corrected chi connectivity index (χ1v) is 13.9. The highest BCUT2D eigenvalue weighted by Crippen LogP contribution is 2.22. The average Bonchev–Trinajstić information content (AvgIpc) is 3.40. The van der Waals surface area contributed by atoms with Crippen molar-refractivity contribution in [1.29, 1.82) is 0 Å². The van der Waals surface area contributed by atoms with Gasteiger partial charge in [0.05, 0.1) is 12.4 Å². The molecule has 5 nitrogen and oxygen atoms in total. The van der Waals surface area contributed by atoms with Gasteiger partial charge in [0.25, 0.3) is 0 Å². The lowest BCUT2D eigenvalue weighted by molar-refractivity contribution is 0.344. The lowest BCUT2D eigenvalue weighted by Gasteiger charge is -2.16. The Labute approximate surface area is 224 Å². The highest BCUT2D eigenvalue weighted by molar-refractivity contribution is 7.98. The van der Waals surface area contributed by atoms with Crippen LogP contribution in [0.2, 0.25) is 0 Å². The first-order chi connectivity index (χ1) is 18.2. The maximum absolute atomic E-state index is 5.89. The molecule has 1 heterocycles. The number of hydrogen-bond donors (Lipinski definition) is 0. The lowest BCUT2D eigenvalue weighted by atomic mass is 9.94. The minimum atomic E-state index is 0.485. The molecule has 0 aliphatic heterocycles. The first-order valence-electron chi connectivity index (χ1n) is 12.7. The van der Waals surface area contributed by atoms with E-state index in [2.05, 4.69) is 83.8 Å². The molecular weight excluding hydrogens is 478 g/mol. The van der Waals surface area contributed by atoms with E-state index in [1.165, 1.54) is 11.1 Å². The number of nitrogens with zero attached hydrogens (tertiary/aromatic N) is 3. The van der Waals surface area contributed by atoms with Crippen molar-refractivity contribution >= 4 is 17.8 Å². The van der Waals surface area contributed by atoms with Gasteiger partial charge in [0, 0.05) is 11.3 Å². The summed E-state index contributed by atoms with van der Waals surface area (Å²) in [7, 11) is 4.26. The molecule has 0 bridgehead atoms. The van der Waals surface area contributed by atoms with Crippen LogP contribution in [-0.4, -0.2) is 48.1 Å². The van der Waals surface area contributed by atoms with E-state index in [1.54, 1.807) is 11.8 Å². The number of rotatable bonds is 14. The number of thioether (sulfide) groups is 1. The molecule has 6 heteroatoms. The Morgan fingerprint density at radius 1 is 0.919 bits per heavy atom. The monoisotopic (exact) mass is 513 g/mol. The van der Waals surface area contributed by atoms with E-state index in [1.807, 2.05) is 42.5 Å². The molecule has 0 N–H and O–H groups in total. The molecule has 0 fully saturated rings. The van der Waals surface area contributed by atoms with Crippen molar-refractivity contribution in [2.45, 2.75) is 18.6 Å². The van der Waals surface area contributed by atoms with Crippen molar-refractivity contribution < 1.29 is 9.15 Å². The van der Waals surface area contributed by atoms with Crippen LogP contribution in [-0.2, 0) is 12.2 Å². The van der Waals surface area contributed by atoms with Crippen LogP contribution in [0.3, 0.4) is 0 Å². The van der Waals surface area contributed by atoms with Crippen LogP contribution in [0, 0.1) is 5.92 Å². The molecular formula is C31H35N3O2S. The van der Waals surface area contributed by atoms with E-state index in [0.717, 1.165) is 36.5 Å². The summed E-state index contributed by atoms with van der Waals surface area (Å²) in [6, 6.07) is 28.9. The van der Waals surface area contributed by atoms with Gasteiger partial charge in [-0.15, -0.1) is 22.0 Å². The fourth-order valence-corrected chi connectivity index (χ4v) is 4.55. The van der Waals surface area contributed by atoms with E-state index < -0.39 is 0 Å². The van der Waals surface area contributed by atoms with Gasteiger partial charge in [-0.1, -0.05) is 72.8 Å². The van der Waals surface area contributed by atoms with Crippen LogP contribution in [0.4, 0.5) is 0 Å². The molecule has 192 valence electrons. The molecule has 0 spiro atoms. The van der Waals surface area contributed by atoms with Crippen molar-refractivity contribution in [3.8, 4) is 17.2 Å². The van der Waals surface area contributed by atoms with Crippen LogP contribution in [0.15, 0.2) is 95.4 Å². The third-order valence-corrected chi connectivity index (χ3v) is 6.84. The Bertz CT molecular complexity index is 1210. The van der Waals surface area contributed by atoms with Gasteiger partial charge in [0.2, 0.25) is 11.8 Å². The van der Waals surface area contributed by atoms with Gasteiger partial charge in [-0.3, -0.25) is 0 Å². The van der Waals surface area contributed by atoms with Crippen molar-refractivity contribution in [3.05, 3.63) is 108 Å². The number of benzene rings is 3. The Hall–Kier alpha value is -3.35. The number of allylic oxidation sites excluding steroid dienone is 1. The number of para-hydroxylation sites is 1. The molecule has 0 saturated carbocycles. The smallest absolute Gasteiger partial charge is 0.247 e. The highest BCUT2D eigenvalue weighted by atomic mass is 32.2. The molecule has 37 heavy (non-hydrogen) atoms. The van der Waals surface area contributed by atoms with Crippen LogP contribution >= 0.6 is 11.8 Å². The van der Waals surface area contributed by atoms with Crippen LogP contribution in [0.5, 0.6) is 5.75 Å². The quantitative estimate of drug-likeness (QED) is 0.171. The van der Waals surface area contributed by atoms with Gasteiger partial charge in [-0.2, -0.15) is 0 Å². The molecule has 0 radical (unpaired) electrons. The van der Waals surface area contributed by atoms with Gasteiger partial charge in [0.15, 0.2) is 0 Å². The predicted octanol–water partition coefficient (Wildman–Crippen LogP) is 6.87. The average molecular weight is 514 g/mol. The summed E-state index contributed by atoms with van der Waals surface area (Å²) in [5.74, 6) is 4.09. The second kappa shape index (κ2) is 14.4. The van der Waals surface area contributed by atoms with E-state index in [0.29, 0.717) is 30.1 Å². The van der Waals surface area contributed by atoms with Gasteiger partial charge >= 0.3 is 0 Å². The second-order valence-corrected chi connectivity index (χ2v) is 10.3. The molecule has 3 aromatic carbocycles. The fourth-order valence-electron chi connectivity index (χ4n) is 3.91. The summed E-state index contributed by atoms with van der Waals surface area (Å²) in [5, 5.41) is 8.45. The molecule has 1 unspecified atom stereocenters. The maximum atomic E-state index is 5.89. The molecule has 1 atom stereocenters. The fraction of sp³-hybridized carbons (Fsp3) is 0.290. The third kappa shape index (κ3) is 9.23. The maximum Gasteiger partial charge on any atom is 0.247 e. The first kappa shape index (κ1) is 26.7. The molecule has 0 aliphatic rings. The summed E-state index contributed by atoms with van der Waals surface area (Å²) >= 11 is 1.72. The number of hydrogen-bond acceptors (Lipinski definition) is 6. The second-order valence-electron chi connectivity index (χ2n) is 9.24.